The minimum Gasteiger partial charge on any atom is -0.455 e. The molecule has 0 unspecified atom stereocenters. The van der Waals surface area contributed by atoms with Crippen molar-refractivity contribution in [1.29, 1.82) is 0 Å². The maximum Gasteiger partial charge on any atom is 0.164 e. The Morgan fingerprint density at radius 2 is 0.490 bits per heavy atom. The topological polar surface area (TPSA) is 90.7 Å². The molecule has 4 heterocycles. The summed E-state index contributed by atoms with van der Waals surface area (Å²) in [6, 6.07) is 118. The molecule has 0 radical (unpaired) electrons. The third-order valence-electron chi connectivity index (χ3n) is 21.3. The van der Waals surface area contributed by atoms with Crippen molar-refractivity contribution in [3.05, 3.63) is 378 Å². The second-order valence-corrected chi connectivity index (χ2v) is 26.4. The molecule has 4 aliphatic rings. The third-order valence-corrected chi connectivity index (χ3v) is 21.3. The van der Waals surface area contributed by atoms with Crippen LogP contribution in [-0.2, 0) is 10.8 Å². The smallest absolute Gasteiger partial charge is 0.164 e. The van der Waals surface area contributed by atoms with Gasteiger partial charge in [0, 0.05) is 66.1 Å². The number of rotatable bonds is 6. The van der Waals surface area contributed by atoms with Crippen LogP contribution in [-0.4, -0.2) is 24.9 Å². The number of furan rings is 2. The van der Waals surface area contributed by atoms with Gasteiger partial charge in [-0.3, -0.25) is 0 Å². The third kappa shape index (κ3) is 8.00. The Labute approximate surface area is 575 Å². The molecule has 0 saturated heterocycles. The molecule has 0 atom stereocenters. The second kappa shape index (κ2) is 21.6. The zero-order valence-corrected chi connectivity index (χ0v) is 53.8. The number of aromatic nitrogens is 5. The summed E-state index contributed by atoms with van der Waals surface area (Å²) >= 11 is 0. The Balaban J connectivity index is 0.000000131. The average molecular weight is 1270 g/mol. The van der Waals surface area contributed by atoms with E-state index >= 15 is 0 Å². The molecule has 7 nitrogen and oxygen atoms in total. The van der Waals surface area contributed by atoms with Crippen LogP contribution in [0.25, 0.3) is 156 Å². The monoisotopic (exact) mass is 1270 g/mol. The van der Waals surface area contributed by atoms with Crippen molar-refractivity contribution in [3.63, 3.8) is 0 Å². The van der Waals surface area contributed by atoms with Crippen LogP contribution in [0.4, 0.5) is 0 Å². The number of hydrogen-bond donors (Lipinski definition) is 0. The molecule has 464 valence electrons. The van der Waals surface area contributed by atoms with E-state index in [1.165, 1.54) is 89.0 Å². The van der Waals surface area contributed by atoms with E-state index in [-0.39, 0.29) is 0 Å². The second-order valence-electron chi connectivity index (χ2n) is 26.4. The summed E-state index contributed by atoms with van der Waals surface area (Å²) in [5, 5.41) is 4.38. The molecule has 0 bridgehead atoms. The van der Waals surface area contributed by atoms with Crippen molar-refractivity contribution in [2.45, 2.75) is 10.8 Å². The van der Waals surface area contributed by atoms with Gasteiger partial charge in [0.05, 0.1) is 22.2 Å². The standard InChI is InChI=1S/C47H28N2O.C46H27N3O/c1-3-13-29(14-4-1)41-28-42(49-46(48-41)30-15-5-2-6-16-30)31-23-24-34-35-25-26-40-44(45(35)50-43(34)27-31)36-19-9-12-22-39(36)47(40)37-20-10-7-17-32(37)33-18-8-11-21-38(33)47;1-3-13-28(14-4-1)43-47-44(29-15-5-2-6-16-29)49-45(48-43)30-23-24-33-34-25-26-39-41(42(34)50-40(33)27-30)35-19-9-12-22-38(35)46(39)36-20-10-7-17-31(36)32-18-8-11-21-37(32)46/h1-28H;1-27H. The van der Waals surface area contributed by atoms with Crippen LogP contribution in [0.3, 0.4) is 0 Å². The van der Waals surface area contributed by atoms with Gasteiger partial charge in [0.1, 0.15) is 22.3 Å². The largest absolute Gasteiger partial charge is 0.455 e. The molecule has 2 spiro atoms. The summed E-state index contributed by atoms with van der Waals surface area (Å²) in [4.78, 5) is 24.9. The highest BCUT2D eigenvalue weighted by molar-refractivity contribution is 6.15. The summed E-state index contributed by atoms with van der Waals surface area (Å²) in [6.07, 6.45) is 0. The summed E-state index contributed by atoms with van der Waals surface area (Å²) in [5.74, 6) is 2.57. The fourth-order valence-electron chi connectivity index (χ4n) is 17.1. The molecule has 0 fully saturated rings. The number of fused-ring (bicyclic) bond motifs is 28. The molecular weight excluding hydrogens is 1220 g/mol. The van der Waals surface area contributed by atoms with Crippen LogP contribution < -0.4 is 0 Å². The average Bonchev–Trinajstić information content (AvgIpc) is 1.51. The van der Waals surface area contributed by atoms with Gasteiger partial charge in [-0.25, -0.2) is 24.9 Å². The lowest BCUT2D eigenvalue weighted by molar-refractivity contribution is 0.669. The molecule has 18 aromatic rings. The minimum absolute atomic E-state index is 0.403. The molecule has 0 amide bonds. The van der Waals surface area contributed by atoms with Gasteiger partial charge in [-0.05, 0) is 108 Å². The Morgan fingerprint density at radius 3 is 0.890 bits per heavy atom. The highest BCUT2D eigenvalue weighted by Gasteiger charge is 2.54. The van der Waals surface area contributed by atoms with Crippen LogP contribution in [0.15, 0.2) is 342 Å². The highest BCUT2D eigenvalue weighted by atomic mass is 16.3. The van der Waals surface area contributed by atoms with Crippen LogP contribution >= 0.6 is 0 Å². The zero-order chi connectivity index (χ0) is 65.6. The van der Waals surface area contributed by atoms with Crippen molar-refractivity contribution in [2.24, 2.45) is 0 Å². The molecule has 4 aliphatic carbocycles. The van der Waals surface area contributed by atoms with E-state index in [4.69, 9.17) is 33.8 Å². The van der Waals surface area contributed by atoms with Gasteiger partial charge in [-0.2, -0.15) is 0 Å². The lowest BCUT2D eigenvalue weighted by Crippen LogP contribution is -2.25. The SMILES string of the molecule is c1ccc(-c2cc(-c3ccc4c(c3)oc3c5c(ccc34)C3(c4ccccc4-c4ccccc43)c3ccccc3-5)nc(-c3ccccc3)n2)cc1.c1ccc(-c2nc(-c3ccccc3)nc(-c3ccc4c(c3)oc3c5c(ccc34)C3(c4ccccc4-c4ccccc43)c3ccccc3-5)n2)cc1. The van der Waals surface area contributed by atoms with E-state index in [2.05, 4.69) is 237 Å². The van der Waals surface area contributed by atoms with Crippen LogP contribution in [0, 0.1) is 0 Å². The predicted molar refractivity (Wildman–Crippen MR) is 402 cm³/mol. The fraction of sp³-hybridized carbons (Fsp3) is 0.0215. The molecule has 0 saturated carbocycles. The summed E-state index contributed by atoms with van der Waals surface area (Å²) in [5.41, 5.74) is 30.6. The molecule has 0 aliphatic heterocycles. The first-order valence-electron chi connectivity index (χ1n) is 34.0. The zero-order valence-electron chi connectivity index (χ0n) is 53.8. The molecule has 100 heavy (non-hydrogen) atoms. The van der Waals surface area contributed by atoms with Crippen LogP contribution in [0.2, 0.25) is 0 Å². The maximum absolute atomic E-state index is 6.98. The summed E-state index contributed by atoms with van der Waals surface area (Å²) in [7, 11) is 0. The van der Waals surface area contributed by atoms with Crippen molar-refractivity contribution < 1.29 is 8.83 Å². The molecule has 4 aromatic heterocycles. The van der Waals surface area contributed by atoms with Gasteiger partial charge >= 0.3 is 0 Å². The fourth-order valence-corrected chi connectivity index (χ4v) is 17.1. The quantitative estimate of drug-likeness (QED) is 0.164. The molecule has 7 heteroatoms. The van der Waals surface area contributed by atoms with Gasteiger partial charge < -0.3 is 8.83 Å². The Kier molecular flexibility index (Phi) is 12.1. The Morgan fingerprint density at radius 1 is 0.200 bits per heavy atom. The summed E-state index contributed by atoms with van der Waals surface area (Å²) < 4.78 is 13.9. The van der Waals surface area contributed by atoms with E-state index in [1.807, 2.05) is 97.1 Å². The Bertz CT molecular complexity index is 5820. The van der Waals surface area contributed by atoms with Gasteiger partial charge in [-0.15, -0.1) is 0 Å². The van der Waals surface area contributed by atoms with Gasteiger partial charge in [0.2, 0.25) is 0 Å². The Hall–Kier alpha value is -13.2. The lowest BCUT2D eigenvalue weighted by Gasteiger charge is -2.30. The van der Waals surface area contributed by atoms with Gasteiger partial charge in [0.15, 0.2) is 23.3 Å². The van der Waals surface area contributed by atoms with Crippen molar-refractivity contribution >= 4 is 43.9 Å². The van der Waals surface area contributed by atoms with Crippen molar-refractivity contribution in [2.75, 3.05) is 0 Å². The predicted octanol–water partition coefficient (Wildman–Crippen LogP) is 22.8. The number of hydrogen-bond acceptors (Lipinski definition) is 7. The molecule has 0 N–H and O–H groups in total. The van der Waals surface area contributed by atoms with Crippen LogP contribution in [0.5, 0.6) is 0 Å². The van der Waals surface area contributed by atoms with Crippen molar-refractivity contribution in [1.82, 2.24) is 24.9 Å². The van der Waals surface area contributed by atoms with E-state index in [1.54, 1.807) is 0 Å². The van der Waals surface area contributed by atoms with E-state index in [0.717, 1.165) is 88.6 Å². The lowest BCUT2D eigenvalue weighted by atomic mass is 9.70. The van der Waals surface area contributed by atoms with E-state index < -0.39 is 10.8 Å². The van der Waals surface area contributed by atoms with Crippen LogP contribution in [0.1, 0.15) is 44.5 Å². The first kappa shape index (κ1) is 56.0. The molecular formula is C93H55N5O2. The van der Waals surface area contributed by atoms with E-state index in [9.17, 15) is 0 Å². The molecule has 14 aromatic carbocycles. The van der Waals surface area contributed by atoms with Gasteiger partial charge in [0.25, 0.3) is 0 Å². The first-order valence-corrected chi connectivity index (χ1v) is 34.0. The highest BCUT2D eigenvalue weighted by Crippen LogP contribution is 2.66. The first-order chi connectivity index (χ1) is 49.6. The number of benzene rings is 14. The summed E-state index contributed by atoms with van der Waals surface area (Å²) in [6.45, 7) is 0. The van der Waals surface area contributed by atoms with Crippen molar-refractivity contribution in [3.8, 4) is 113 Å². The maximum atomic E-state index is 6.98. The van der Waals surface area contributed by atoms with E-state index in [0.29, 0.717) is 23.3 Å². The number of nitrogens with zero attached hydrogens (tertiary/aromatic N) is 5. The minimum atomic E-state index is -0.413. The van der Waals surface area contributed by atoms with Gasteiger partial charge in [-0.1, -0.05) is 303 Å². The molecule has 22 rings (SSSR count). The normalized spacial score (nSPS) is 13.4.